The fourth-order valence-electron chi connectivity index (χ4n) is 6.37. The lowest BCUT2D eigenvalue weighted by molar-refractivity contribution is -0.130. The molecule has 1 fully saturated rings. The average Bonchev–Trinajstić information content (AvgIpc) is 3.23. The first kappa shape index (κ1) is 41.8. The lowest BCUT2D eigenvalue weighted by atomic mass is 9.66. The number of carbonyl (C=O) groups excluding carboxylic acids is 1. The molecule has 0 aromatic rings. The standard InChI is InChI=1S/C40H54O8S/c1-29(15-11-16-31(3)19-22-37(44)40(8)25-34(43)24-39(40,7)28-42)13-9-10-14-30(2)17-12-18-33(27-41)20-21-36-32(4)23-35(26-38(36,5)6)48-49(45,46)47/h9-19,22,34-35,41-43H,23-28H2,1-8H3,(H,45,46,47)/b10-9+,15-11+,17-12+,22-19+,29-13+,30-14+,31-16+,33-18-/t34-,35+,39-,40-/m0/s1. The number of allylic oxidation sites excluding steroid dienone is 16. The van der Waals surface area contributed by atoms with Gasteiger partial charge in [-0.1, -0.05) is 123 Å². The van der Waals surface area contributed by atoms with Crippen molar-refractivity contribution in [3.8, 4) is 11.8 Å². The lowest BCUT2D eigenvalue weighted by Gasteiger charge is -2.37. The van der Waals surface area contributed by atoms with Crippen LogP contribution in [0.5, 0.6) is 0 Å². The SMILES string of the molecule is CC1=C(C#C/C(=C/C=C/C(C)=C/C=C/C=C(C)/C=C/C=C(C)/C=C/C(=O)[C@]2(C)C[C@@H](O)C[C@@]2(C)CO)CO)C(C)(C)C[C@H](OS(=O)(=O)O)C1. The zero-order chi connectivity index (χ0) is 37.0. The molecule has 0 unspecified atom stereocenters. The number of aliphatic hydroxyl groups excluding tert-OH is 3. The minimum atomic E-state index is -4.54. The van der Waals surface area contributed by atoms with Crippen LogP contribution >= 0.6 is 0 Å². The van der Waals surface area contributed by atoms with E-state index >= 15 is 0 Å². The Bertz CT molecular complexity index is 1670. The highest BCUT2D eigenvalue weighted by atomic mass is 32.3. The molecular weight excluding hydrogens is 640 g/mol. The van der Waals surface area contributed by atoms with E-state index in [-0.39, 0.29) is 19.0 Å². The Hall–Kier alpha value is -3.36. The maximum Gasteiger partial charge on any atom is 0.397 e. The molecule has 9 heteroatoms. The van der Waals surface area contributed by atoms with Gasteiger partial charge in [0.2, 0.25) is 0 Å². The quantitative estimate of drug-likeness (QED) is 0.0698. The molecule has 8 nitrogen and oxygen atoms in total. The highest BCUT2D eigenvalue weighted by molar-refractivity contribution is 7.80. The van der Waals surface area contributed by atoms with Gasteiger partial charge in [-0.05, 0) is 65.5 Å². The van der Waals surface area contributed by atoms with E-state index in [1.165, 1.54) is 0 Å². The molecule has 0 aromatic heterocycles. The van der Waals surface area contributed by atoms with Crippen LogP contribution < -0.4 is 0 Å². The van der Waals surface area contributed by atoms with Gasteiger partial charge in [0.1, 0.15) is 0 Å². The predicted molar refractivity (Wildman–Crippen MR) is 196 cm³/mol. The number of carbonyl (C=O) groups is 1. The second-order valence-corrected chi connectivity index (χ2v) is 15.4. The van der Waals surface area contributed by atoms with E-state index in [1.54, 1.807) is 18.2 Å². The van der Waals surface area contributed by atoms with Crippen LogP contribution in [0, 0.1) is 28.1 Å². The highest BCUT2D eigenvalue weighted by Gasteiger charge is 2.55. The summed E-state index contributed by atoms with van der Waals surface area (Å²) in [7, 11) is -4.54. The van der Waals surface area contributed by atoms with E-state index in [2.05, 4.69) is 11.8 Å². The molecule has 0 bridgehead atoms. The van der Waals surface area contributed by atoms with Crippen LogP contribution in [0.4, 0.5) is 0 Å². The molecule has 4 N–H and O–H groups in total. The largest absolute Gasteiger partial charge is 0.397 e. The molecule has 0 saturated heterocycles. The Morgan fingerprint density at radius 3 is 1.94 bits per heavy atom. The summed E-state index contributed by atoms with van der Waals surface area (Å²) in [6, 6.07) is 0. The summed E-state index contributed by atoms with van der Waals surface area (Å²) in [6.45, 7) is 14.9. The molecule has 0 heterocycles. The molecule has 0 aromatic carbocycles. The first-order valence-corrected chi connectivity index (χ1v) is 17.9. The zero-order valence-corrected chi connectivity index (χ0v) is 31.0. The Balaban J connectivity index is 1.98. The number of hydrogen-bond donors (Lipinski definition) is 4. The van der Waals surface area contributed by atoms with Gasteiger partial charge in [0, 0.05) is 34.0 Å². The van der Waals surface area contributed by atoms with Crippen LogP contribution in [-0.2, 0) is 19.4 Å². The van der Waals surface area contributed by atoms with Gasteiger partial charge in [-0.15, -0.1) is 0 Å². The number of aliphatic hydroxyl groups is 3. The second-order valence-electron chi connectivity index (χ2n) is 14.3. The van der Waals surface area contributed by atoms with Crippen molar-refractivity contribution in [1.29, 1.82) is 0 Å². The van der Waals surface area contributed by atoms with Crippen LogP contribution in [0.3, 0.4) is 0 Å². The Morgan fingerprint density at radius 2 is 1.41 bits per heavy atom. The molecule has 49 heavy (non-hydrogen) atoms. The van der Waals surface area contributed by atoms with E-state index in [0.29, 0.717) is 31.3 Å². The van der Waals surface area contributed by atoms with Crippen molar-refractivity contribution in [1.82, 2.24) is 0 Å². The van der Waals surface area contributed by atoms with Crippen molar-refractivity contribution in [3.63, 3.8) is 0 Å². The van der Waals surface area contributed by atoms with Crippen molar-refractivity contribution >= 4 is 16.2 Å². The zero-order valence-electron chi connectivity index (χ0n) is 30.2. The van der Waals surface area contributed by atoms with Crippen LogP contribution in [-0.4, -0.2) is 59.5 Å². The van der Waals surface area contributed by atoms with Crippen LogP contribution in [0.25, 0.3) is 0 Å². The van der Waals surface area contributed by atoms with Crippen molar-refractivity contribution in [2.75, 3.05) is 13.2 Å². The Morgan fingerprint density at radius 1 is 0.857 bits per heavy atom. The van der Waals surface area contributed by atoms with E-state index < -0.39 is 38.9 Å². The maximum absolute atomic E-state index is 13.0. The molecule has 2 aliphatic rings. The van der Waals surface area contributed by atoms with Crippen molar-refractivity contribution in [2.24, 2.45) is 16.2 Å². The minimum absolute atomic E-state index is 0.0868. The molecular formula is C40H54O8S. The summed E-state index contributed by atoms with van der Waals surface area (Å²) >= 11 is 0. The summed E-state index contributed by atoms with van der Waals surface area (Å²) in [5.74, 6) is 6.11. The Kier molecular flexibility index (Phi) is 15.4. The average molecular weight is 695 g/mol. The normalized spacial score (nSPS) is 27.6. The van der Waals surface area contributed by atoms with Crippen LogP contribution in [0.2, 0.25) is 0 Å². The number of hydrogen-bond acceptors (Lipinski definition) is 7. The minimum Gasteiger partial charge on any atom is -0.396 e. The molecule has 2 rings (SSSR count). The summed E-state index contributed by atoms with van der Waals surface area (Å²) in [4.78, 5) is 13.0. The van der Waals surface area contributed by atoms with E-state index in [1.807, 2.05) is 110 Å². The first-order valence-electron chi connectivity index (χ1n) is 16.5. The van der Waals surface area contributed by atoms with E-state index in [4.69, 9.17) is 8.74 Å². The molecule has 2 aliphatic carbocycles. The van der Waals surface area contributed by atoms with E-state index in [9.17, 15) is 28.5 Å². The third-order valence-corrected chi connectivity index (χ3v) is 9.92. The van der Waals surface area contributed by atoms with Crippen LogP contribution in [0.15, 0.2) is 106 Å². The lowest BCUT2D eigenvalue weighted by Crippen LogP contribution is -2.41. The summed E-state index contributed by atoms with van der Waals surface area (Å²) < 4.78 is 36.2. The van der Waals surface area contributed by atoms with E-state index in [0.717, 1.165) is 27.9 Å². The summed E-state index contributed by atoms with van der Waals surface area (Å²) in [5.41, 5.74) is 3.31. The molecule has 268 valence electrons. The fourth-order valence-corrected chi connectivity index (χ4v) is 6.85. The van der Waals surface area contributed by atoms with Gasteiger partial charge >= 0.3 is 10.4 Å². The fraction of sp³-hybridized carbons (Fsp3) is 0.475. The van der Waals surface area contributed by atoms with Crippen LogP contribution in [0.1, 0.15) is 81.1 Å². The van der Waals surface area contributed by atoms with Gasteiger partial charge in [-0.25, -0.2) is 4.18 Å². The van der Waals surface area contributed by atoms with Gasteiger partial charge in [0.05, 0.1) is 18.8 Å². The van der Waals surface area contributed by atoms with Crippen molar-refractivity contribution in [3.05, 3.63) is 106 Å². The first-order chi connectivity index (χ1) is 22.7. The number of ketones is 1. The number of rotatable bonds is 13. The summed E-state index contributed by atoms with van der Waals surface area (Å²) in [5, 5.41) is 29.8. The molecule has 0 spiro atoms. The molecule has 1 saturated carbocycles. The van der Waals surface area contributed by atoms with Gasteiger partial charge in [-0.3, -0.25) is 9.35 Å². The topological polar surface area (TPSA) is 141 Å². The van der Waals surface area contributed by atoms with Crippen molar-refractivity contribution in [2.45, 2.75) is 93.3 Å². The third-order valence-electron chi connectivity index (χ3n) is 9.41. The smallest absolute Gasteiger partial charge is 0.396 e. The maximum atomic E-state index is 13.0. The molecule has 0 amide bonds. The monoisotopic (exact) mass is 694 g/mol. The van der Waals surface area contributed by atoms with Gasteiger partial charge < -0.3 is 15.3 Å². The van der Waals surface area contributed by atoms with Gasteiger partial charge in [0.15, 0.2) is 5.78 Å². The van der Waals surface area contributed by atoms with Crippen molar-refractivity contribution < 1.29 is 37.3 Å². The predicted octanol–water partition coefficient (Wildman–Crippen LogP) is 7.03. The second kappa shape index (κ2) is 18.0. The molecule has 0 aliphatic heterocycles. The molecule has 0 radical (unpaired) electrons. The third kappa shape index (κ3) is 12.8. The van der Waals surface area contributed by atoms with Gasteiger partial charge in [0.25, 0.3) is 0 Å². The molecule has 4 atom stereocenters. The summed E-state index contributed by atoms with van der Waals surface area (Å²) in [6.07, 6.45) is 22.7. The Labute approximate surface area is 293 Å². The highest BCUT2D eigenvalue weighted by Crippen LogP contribution is 2.53. The van der Waals surface area contributed by atoms with Gasteiger partial charge in [-0.2, -0.15) is 8.42 Å².